The van der Waals surface area contributed by atoms with Gasteiger partial charge in [-0.1, -0.05) is 222 Å². The number of allylic oxidation sites excluding steroid dienone is 9. The van der Waals surface area contributed by atoms with Crippen molar-refractivity contribution < 1.29 is 15.0 Å². The third kappa shape index (κ3) is 43.1. The van der Waals surface area contributed by atoms with Crippen molar-refractivity contribution in [3.63, 3.8) is 0 Å². The zero-order valence-electron chi connectivity index (χ0n) is 36.7. The first-order valence-corrected chi connectivity index (χ1v) is 24.0. The Morgan fingerprint density at radius 3 is 1.22 bits per heavy atom. The quantitative estimate of drug-likeness (QED) is 0.0427. The summed E-state index contributed by atoms with van der Waals surface area (Å²) in [6.45, 7) is 4.24. The maximum atomic E-state index is 12.4. The summed E-state index contributed by atoms with van der Waals surface area (Å²) in [6, 6.07) is -0.645. The van der Waals surface area contributed by atoms with Gasteiger partial charge in [-0.05, 0) is 70.6 Å². The van der Waals surface area contributed by atoms with Crippen molar-refractivity contribution in [3.05, 3.63) is 60.8 Å². The smallest absolute Gasteiger partial charge is 0.220 e. The topological polar surface area (TPSA) is 69.6 Å². The summed E-state index contributed by atoms with van der Waals surface area (Å²) in [5.41, 5.74) is 0. The molecule has 0 radical (unpaired) electrons. The highest BCUT2D eigenvalue weighted by Gasteiger charge is 2.17. The molecule has 0 saturated carbocycles. The van der Waals surface area contributed by atoms with Crippen molar-refractivity contribution in [1.82, 2.24) is 5.32 Å². The molecule has 2 atom stereocenters. The highest BCUT2D eigenvalue weighted by molar-refractivity contribution is 5.76. The zero-order valence-corrected chi connectivity index (χ0v) is 36.7. The second-order valence-corrected chi connectivity index (χ2v) is 16.2. The van der Waals surface area contributed by atoms with Crippen molar-refractivity contribution in [2.45, 2.75) is 251 Å². The Morgan fingerprint density at radius 2 is 0.782 bits per heavy atom. The number of unbranched alkanes of at least 4 members (excludes halogenated alkanes) is 28. The Hall–Kier alpha value is -1.91. The molecule has 0 saturated heterocycles. The van der Waals surface area contributed by atoms with Crippen LogP contribution in [0, 0.1) is 0 Å². The van der Waals surface area contributed by atoms with Gasteiger partial charge in [0.2, 0.25) is 5.91 Å². The fourth-order valence-corrected chi connectivity index (χ4v) is 6.99. The van der Waals surface area contributed by atoms with E-state index in [4.69, 9.17) is 0 Å². The molecule has 0 aromatic heterocycles. The van der Waals surface area contributed by atoms with Gasteiger partial charge in [0, 0.05) is 6.42 Å². The van der Waals surface area contributed by atoms with Gasteiger partial charge in [0.15, 0.2) is 0 Å². The van der Waals surface area contributed by atoms with Crippen LogP contribution in [-0.2, 0) is 4.79 Å². The zero-order chi connectivity index (χ0) is 40.0. The predicted octanol–water partition coefficient (Wildman–Crippen LogP) is 15.3. The van der Waals surface area contributed by atoms with E-state index in [2.05, 4.69) is 67.8 Å². The molecule has 3 N–H and O–H groups in total. The summed E-state index contributed by atoms with van der Waals surface area (Å²) < 4.78 is 0. The lowest BCUT2D eigenvalue weighted by Crippen LogP contribution is -2.45. The fourth-order valence-electron chi connectivity index (χ4n) is 6.99. The van der Waals surface area contributed by atoms with Gasteiger partial charge in [0.25, 0.3) is 0 Å². The maximum Gasteiger partial charge on any atom is 0.220 e. The Kier molecular flexibility index (Phi) is 44.9. The Morgan fingerprint density at radius 1 is 0.436 bits per heavy atom. The fraction of sp³-hybridized carbons (Fsp3) is 0.784. The predicted molar refractivity (Wildman–Crippen MR) is 244 cm³/mol. The van der Waals surface area contributed by atoms with Gasteiger partial charge in [-0.15, -0.1) is 0 Å². The van der Waals surface area contributed by atoms with E-state index in [1.165, 1.54) is 173 Å². The molecule has 320 valence electrons. The van der Waals surface area contributed by atoms with Crippen LogP contribution in [0.25, 0.3) is 0 Å². The molecule has 0 fully saturated rings. The number of amides is 1. The number of aliphatic hydroxyl groups is 2. The summed E-state index contributed by atoms with van der Waals surface area (Å²) in [4.78, 5) is 12.4. The van der Waals surface area contributed by atoms with Crippen molar-refractivity contribution >= 4 is 5.91 Å². The van der Waals surface area contributed by atoms with E-state index in [1.54, 1.807) is 6.08 Å². The van der Waals surface area contributed by atoms with Crippen LogP contribution in [0.5, 0.6) is 0 Å². The molecule has 4 heteroatoms. The number of carbonyl (C=O) groups excluding carboxylic acids is 1. The van der Waals surface area contributed by atoms with Crippen LogP contribution in [0.3, 0.4) is 0 Å². The summed E-state index contributed by atoms with van der Waals surface area (Å²) >= 11 is 0. The van der Waals surface area contributed by atoms with Crippen LogP contribution in [0.1, 0.15) is 239 Å². The lowest BCUT2D eigenvalue weighted by atomic mass is 10.0. The number of carbonyl (C=O) groups is 1. The second kappa shape index (κ2) is 46.5. The van der Waals surface area contributed by atoms with E-state index < -0.39 is 12.1 Å². The van der Waals surface area contributed by atoms with E-state index in [0.29, 0.717) is 6.42 Å². The molecule has 2 unspecified atom stereocenters. The van der Waals surface area contributed by atoms with Crippen LogP contribution in [0.2, 0.25) is 0 Å². The first-order valence-electron chi connectivity index (χ1n) is 24.0. The molecule has 0 aliphatic rings. The minimum Gasteiger partial charge on any atom is -0.394 e. The molecular weight excluding hydrogens is 675 g/mol. The molecule has 1 amide bonds. The number of rotatable bonds is 43. The first kappa shape index (κ1) is 53.1. The van der Waals surface area contributed by atoms with Crippen molar-refractivity contribution in [1.29, 1.82) is 0 Å². The molecule has 4 nitrogen and oxygen atoms in total. The Labute approximate surface area is 343 Å². The van der Waals surface area contributed by atoms with E-state index in [1.807, 2.05) is 6.08 Å². The summed E-state index contributed by atoms with van der Waals surface area (Å²) in [6.07, 6.45) is 65.0. The van der Waals surface area contributed by atoms with Crippen LogP contribution in [0.15, 0.2) is 60.8 Å². The maximum absolute atomic E-state index is 12.4. The van der Waals surface area contributed by atoms with E-state index in [-0.39, 0.29) is 12.5 Å². The molecule has 0 bridgehead atoms. The largest absolute Gasteiger partial charge is 0.394 e. The molecule has 0 spiro atoms. The minimum atomic E-state index is -0.870. The van der Waals surface area contributed by atoms with Gasteiger partial charge in [-0.2, -0.15) is 0 Å². The number of hydrogen-bond donors (Lipinski definition) is 3. The Bertz CT molecular complexity index is 919. The van der Waals surface area contributed by atoms with Crippen LogP contribution >= 0.6 is 0 Å². The lowest BCUT2D eigenvalue weighted by molar-refractivity contribution is -0.123. The van der Waals surface area contributed by atoms with Crippen molar-refractivity contribution in [2.75, 3.05) is 6.61 Å². The highest BCUT2D eigenvalue weighted by Crippen LogP contribution is 2.15. The van der Waals surface area contributed by atoms with Gasteiger partial charge in [0.1, 0.15) is 0 Å². The van der Waals surface area contributed by atoms with Crippen LogP contribution in [0.4, 0.5) is 0 Å². The van der Waals surface area contributed by atoms with E-state index in [0.717, 1.165) is 44.9 Å². The molecule has 0 aromatic carbocycles. The van der Waals surface area contributed by atoms with E-state index >= 15 is 0 Å². The third-order valence-electron chi connectivity index (χ3n) is 10.7. The monoisotopic (exact) mass is 768 g/mol. The summed E-state index contributed by atoms with van der Waals surface area (Å²) in [5.74, 6) is -0.0800. The standard InChI is InChI=1S/C51H93NO3/c1-3-5-7-9-11-13-15-17-18-19-20-21-22-23-24-25-26-27-28-29-30-31-32-33-34-35-37-39-41-43-45-47-51(55)52-49(48-53)50(54)46-44-42-40-38-36-16-14-12-10-8-6-4-2/h10,12,20-21,23-24,36,38,44,46,49-50,53-54H,3-9,11,13-19,22,25-35,37,39-43,45,47-48H2,1-2H3,(H,52,55)/b12-10+,21-20-,24-23-,38-36+,46-44+. The minimum absolute atomic E-state index is 0.0800. The van der Waals surface area contributed by atoms with Gasteiger partial charge in [0.05, 0.1) is 18.8 Å². The van der Waals surface area contributed by atoms with Crippen molar-refractivity contribution in [2.24, 2.45) is 0 Å². The number of aliphatic hydroxyl groups excluding tert-OH is 2. The summed E-state index contributed by atoms with van der Waals surface area (Å²) in [5, 5.41) is 22.9. The number of nitrogens with one attached hydrogen (secondary N) is 1. The molecule has 55 heavy (non-hydrogen) atoms. The molecule has 0 heterocycles. The Balaban J connectivity index is 3.50. The average Bonchev–Trinajstić information content (AvgIpc) is 3.19. The van der Waals surface area contributed by atoms with Gasteiger partial charge in [-0.25, -0.2) is 0 Å². The van der Waals surface area contributed by atoms with Crippen LogP contribution in [-0.4, -0.2) is 34.9 Å². The van der Waals surface area contributed by atoms with Crippen LogP contribution < -0.4 is 5.32 Å². The molecule has 0 aliphatic heterocycles. The van der Waals surface area contributed by atoms with Gasteiger partial charge >= 0.3 is 0 Å². The lowest BCUT2D eigenvalue weighted by Gasteiger charge is -2.19. The second-order valence-electron chi connectivity index (χ2n) is 16.2. The van der Waals surface area contributed by atoms with Crippen molar-refractivity contribution in [3.8, 4) is 0 Å². The molecule has 0 aromatic rings. The SMILES string of the molecule is CCCC/C=C/CC/C=C/CC/C=C/C(O)C(CO)NC(=O)CCCCCCCCCCCCCCCCC/C=C\C/C=C\CCCCCCCCCCC. The van der Waals surface area contributed by atoms with E-state index in [9.17, 15) is 15.0 Å². The first-order chi connectivity index (χ1) is 27.2. The van der Waals surface area contributed by atoms with Gasteiger partial charge < -0.3 is 15.5 Å². The summed E-state index contributed by atoms with van der Waals surface area (Å²) in [7, 11) is 0. The molecular formula is C51H93NO3. The molecule has 0 aliphatic carbocycles. The number of hydrogen-bond acceptors (Lipinski definition) is 3. The highest BCUT2D eigenvalue weighted by atomic mass is 16.3. The molecule has 0 rings (SSSR count). The van der Waals surface area contributed by atoms with Gasteiger partial charge in [-0.3, -0.25) is 4.79 Å². The normalized spacial score (nSPS) is 13.5. The average molecular weight is 768 g/mol. The third-order valence-corrected chi connectivity index (χ3v) is 10.7.